The summed E-state index contributed by atoms with van der Waals surface area (Å²) >= 11 is 5.91. The standard InChI is InChI=1S/C14H13ClF2N6O2/c15-12-21-10(19-5-8-18-1-2-24-8)9-11(22-12)23-13(20-9)25-6-7-3-14(16,17)4-7/h1-2,7H,3-6H2,(H2,19,20,21,22,23). The Bertz CT molecular complexity index is 877. The number of hydrogen-bond acceptors (Lipinski definition) is 7. The lowest BCUT2D eigenvalue weighted by molar-refractivity contribution is -0.119. The molecule has 0 saturated heterocycles. The summed E-state index contributed by atoms with van der Waals surface area (Å²) in [5.41, 5.74) is 0.800. The molecule has 25 heavy (non-hydrogen) atoms. The third kappa shape index (κ3) is 3.48. The Balaban J connectivity index is 1.48. The minimum absolute atomic E-state index is 0.0243. The number of ether oxygens (including phenoxy) is 1. The minimum atomic E-state index is -2.57. The van der Waals surface area contributed by atoms with Crippen molar-refractivity contribution >= 4 is 28.6 Å². The molecule has 1 fully saturated rings. The average molecular weight is 371 g/mol. The smallest absolute Gasteiger partial charge is 0.295 e. The first-order valence-electron chi connectivity index (χ1n) is 7.55. The lowest BCUT2D eigenvalue weighted by Gasteiger charge is -2.34. The van der Waals surface area contributed by atoms with E-state index in [1.54, 1.807) is 0 Å². The Morgan fingerprint density at radius 1 is 1.36 bits per heavy atom. The first kappa shape index (κ1) is 16.0. The highest BCUT2D eigenvalue weighted by Crippen LogP contribution is 2.42. The van der Waals surface area contributed by atoms with E-state index in [1.807, 2.05) is 0 Å². The maximum Gasteiger partial charge on any atom is 0.295 e. The number of nitrogens with one attached hydrogen (secondary N) is 2. The summed E-state index contributed by atoms with van der Waals surface area (Å²) in [6, 6.07) is 0.181. The van der Waals surface area contributed by atoms with E-state index in [2.05, 4.69) is 30.2 Å². The van der Waals surface area contributed by atoms with Gasteiger partial charge < -0.3 is 14.5 Å². The highest BCUT2D eigenvalue weighted by atomic mass is 35.5. The Hall–Kier alpha value is -2.49. The SMILES string of the molecule is FC1(F)CC(COc2nc3c(NCc4ncco4)nc(Cl)nc3[nH]2)C1. The second-order valence-corrected chi connectivity index (χ2v) is 6.14. The fourth-order valence-corrected chi connectivity index (χ4v) is 2.81. The van der Waals surface area contributed by atoms with E-state index in [9.17, 15) is 8.78 Å². The monoisotopic (exact) mass is 370 g/mol. The first-order chi connectivity index (χ1) is 12.0. The zero-order valence-electron chi connectivity index (χ0n) is 12.8. The second-order valence-electron chi connectivity index (χ2n) is 5.80. The van der Waals surface area contributed by atoms with Crippen LogP contribution >= 0.6 is 11.6 Å². The van der Waals surface area contributed by atoms with Crippen molar-refractivity contribution in [2.45, 2.75) is 25.3 Å². The third-order valence-electron chi connectivity index (χ3n) is 3.82. The van der Waals surface area contributed by atoms with Crippen LogP contribution in [0.2, 0.25) is 5.28 Å². The normalized spacial score (nSPS) is 16.8. The number of halogens is 3. The molecule has 132 valence electrons. The van der Waals surface area contributed by atoms with E-state index in [4.69, 9.17) is 20.8 Å². The van der Waals surface area contributed by atoms with Crippen LogP contribution in [0.4, 0.5) is 14.6 Å². The number of rotatable bonds is 6. The van der Waals surface area contributed by atoms with Crippen molar-refractivity contribution in [2.75, 3.05) is 11.9 Å². The molecule has 3 aromatic heterocycles. The maximum atomic E-state index is 12.8. The molecule has 1 aliphatic rings. The van der Waals surface area contributed by atoms with Gasteiger partial charge in [-0.3, -0.25) is 4.98 Å². The van der Waals surface area contributed by atoms with Crippen molar-refractivity contribution in [3.63, 3.8) is 0 Å². The fourth-order valence-electron chi connectivity index (χ4n) is 2.64. The summed E-state index contributed by atoms with van der Waals surface area (Å²) in [5, 5.41) is 3.04. The molecule has 0 radical (unpaired) electrons. The molecular weight excluding hydrogens is 358 g/mol. The van der Waals surface area contributed by atoms with Gasteiger partial charge >= 0.3 is 0 Å². The van der Waals surface area contributed by atoms with Crippen molar-refractivity contribution in [2.24, 2.45) is 5.92 Å². The predicted octanol–water partition coefficient (Wildman–Crippen LogP) is 3.03. The number of nitrogens with zero attached hydrogens (tertiary/aromatic N) is 4. The van der Waals surface area contributed by atoms with Gasteiger partial charge in [-0.15, -0.1) is 0 Å². The molecular formula is C14H13ClF2N6O2. The summed E-state index contributed by atoms with van der Waals surface area (Å²) in [5.74, 6) is -1.89. The summed E-state index contributed by atoms with van der Waals surface area (Å²) < 4.78 is 36.3. The van der Waals surface area contributed by atoms with E-state index in [0.717, 1.165) is 0 Å². The zero-order valence-corrected chi connectivity index (χ0v) is 13.6. The number of oxazole rings is 1. The van der Waals surface area contributed by atoms with Gasteiger partial charge in [-0.1, -0.05) is 0 Å². The summed E-state index contributed by atoms with van der Waals surface area (Å²) in [6.45, 7) is 0.450. The van der Waals surface area contributed by atoms with Gasteiger partial charge in [0.15, 0.2) is 17.0 Å². The maximum absolute atomic E-state index is 12.8. The van der Waals surface area contributed by atoms with Crippen LogP contribution in [0.25, 0.3) is 11.2 Å². The van der Waals surface area contributed by atoms with Gasteiger partial charge in [0, 0.05) is 18.8 Å². The van der Waals surface area contributed by atoms with Crippen molar-refractivity contribution in [1.29, 1.82) is 0 Å². The van der Waals surface area contributed by atoms with Gasteiger partial charge in [0.2, 0.25) is 17.1 Å². The summed E-state index contributed by atoms with van der Waals surface area (Å²) in [7, 11) is 0. The molecule has 2 N–H and O–H groups in total. The molecule has 0 aliphatic heterocycles. The number of aromatic nitrogens is 5. The van der Waals surface area contributed by atoms with Crippen LogP contribution < -0.4 is 10.1 Å². The Labute approximate surface area is 145 Å². The molecule has 3 heterocycles. The molecule has 0 unspecified atom stereocenters. The lowest BCUT2D eigenvalue weighted by Crippen LogP contribution is -2.38. The zero-order chi connectivity index (χ0) is 17.4. The molecule has 4 rings (SSSR count). The number of anilines is 1. The first-order valence-corrected chi connectivity index (χ1v) is 7.92. The largest absolute Gasteiger partial charge is 0.464 e. The van der Waals surface area contributed by atoms with Crippen LogP contribution in [0.1, 0.15) is 18.7 Å². The van der Waals surface area contributed by atoms with Gasteiger partial charge in [0.1, 0.15) is 6.26 Å². The highest BCUT2D eigenvalue weighted by molar-refractivity contribution is 6.28. The Kier molecular flexibility index (Phi) is 3.91. The molecule has 1 aliphatic carbocycles. The molecule has 0 atom stereocenters. The summed E-state index contributed by atoms with van der Waals surface area (Å²) in [6.07, 6.45) is 2.66. The van der Waals surface area contributed by atoms with Crippen molar-refractivity contribution in [1.82, 2.24) is 24.9 Å². The second kappa shape index (κ2) is 6.10. The van der Waals surface area contributed by atoms with Gasteiger partial charge in [-0.25, -0.2) is 13.8 Å². The van der Waals surface area contributed by atoms with E-state index < -0.39 is 5.92 Å². The van der Waals surface area contributed by atoms with Crippen LogP contribution in [0, 0.1) is 5.92 Å². The minimum Gasteiger partial charge on any atom is -0.464 e. The van der Waals surface area contributed by atoms with Crippen LogP contribution in [0.5, 0.6) is 6.01 Å². The van der Waals surface area contributed by atoms with Crippen LogP contribution in [-0.4, -0.2) is 37.4 Å². The summed E-state index contributed by atoms with van der Waals surface area (Å²) in [4.78, 5) is 19.2. The van der Waals surface area contributed by atoms with Crippen LogP contribution in [0.3, 0.4) is 0 Å². The number of H-pyrrole nitrogens is 1. The van der Waals surface area contributed by atoms with Crippen LogP contribution in [-0.2, 0) is 6.54 Å². The lowest BCUT2D eigenvalue weighted by atomic mass is 9.82. The molecule has 0 amide bonds. The number of aromatic amines is 1. The molecule has 3 aromatic rings. The molecule has 8 nitrogen and oxygen atoms in total. The quantitative estimate of drug-likeness (QED) is 0.643. The van der Waals surface area contributed by atoms with Crippen molar-refractivity contribution in [3.05, 3.63) is 23.6 Å². The van der Waals surface area contributed by atoms with Gasteiger partial charge in [-0.2, -0.15) is 15.0 Å². The van der Waals surface area contributed by atoms with Gasteiger partial charge in [0.05, 0.1) is 19.3 Å². The number of alkyl halides is 2. The molecule has 0 bridgehead atoms. The number of hydrogen-bond donors (Lipinski definition) is 2. The van der Waals surface area contributed by atoms with Crippen molar-refractivity contribution < 1.29 is 17.9 Å². The molecule has 0 spiro atoms. The average Bonchev–Trinajstić information content (AvgIpc) is 3.17. The Morgan fingerprint density at radius 2 is 2.20 bits per heavy atom. The van der Waals surface area contributed by atoms with Gasteiger partial charge in [-0.05, 0) is 11.6 Å². The number of imidazole rings is 1. The number of fused-ring (bicyclic) bond motifs is 1. The van der Waals surface area contributed by atoms with E-state index in [-0.39, 0.29) is 43.2 Å². The van der Waals surface area contributed by atoms with Gasteiger partial charge in [0.25, 0.3) is 6.01 Å². The Morgan fingerprint density at radius 3 is 2.92 bits per heavy atom. The third-order valence-corrected chi connectivity index (χ3v) is 3.99. The predicted molar refractivity (Wildman–Crippen MR) is 83.7 cm³/mol. The van der Waals surface area contributed by atoms with E-state index in [0.29, 0.717) is 22.9 Å². The van der Waals surface area contributed by atoms with Crippen LogP contribution in [0.15, 0.2) is 16.9 Å². The molecule has 11 heteroatoms. The molecule has 0 aromatic carbocycles. The molecule has 1 saturated carbocycles. The van der Waals surface area contributed by atoms with E-state index >= 15 is 0 Å². The van der Waals surface area contributed by atoms with Crippen molar-refractivity contribution in [3.8, 4) is 6.01 Å². The van der Waals surface area contributed by atoms with E-state index in [1.165, 1.54) is 12.5 Å². The fraction of sp³-hybridized carbons (Fsp3) is 0.429. The highest BCUT2D eigenvalue weighted by Gasteiger charge is 2.45. The topological polar surface area (TPSA) is 102 Å².